The number of primary amides is 1. The maximum absolute atomic E-state index is 13.7. The fraction of sp³-hybridized carbons (Fsp3) is 0.480. The highest BCUT2D eigenvalue weighted by Crippen LogP contribution is 2.54. The third-order valence-corrected chi connectivity index (χ3v) is 8.35. The third kappa shape index (κ3) is 2.93. The van der Waals surface area contributed by atoms with Crippen molar-refractivity contribution in [2.45, 2.75) is 36.9 Å². The number of phenols is 1. The molecule has 1 aliphatic heterocycles. The summed E-state index contributed by atoms with van der Waals surface area (Å²) in [6.45, 7) is 0.740. The van der Waals surface area contributed by atoms with Crippen molar-refractivity contribution in [3.8, 4) is 5.75 Å². The molecule has 8 N–H and O–H groups in total. The summed E-state index contributed by atoms with van der Waals surface area (Å²) in [7, 11) is 5.83. The zero-order valence-electron chi connectivity index (χ0n) is 20.3. The first-order valence-electron chi connectivity index (χ1n) is 11.8. The van der Waals surface area contributed by atoms with Gasteiger partial charge in [-0.15, -0.1) is 0 Å². The Labute approximate surface area is 207 Å². The van der Waals surface area contributed by atoms with Crippen molar-refractivity contribution in [1.82, 2.24) is 4.90 Å². The Morgan fingerprint density at radius 3 is 2.50 bits per heavy atom. The number of aromatic hydroxyl groups is 1. The van der Waals surface area contributed by atoms with E-state index in [0.29, 0.717) is 5.56 Å². The zero-order chi connectivity index (χ0) is 26.4. The van der Waals surface area contributed by atoms with Gasteiger partial charge < -0.3 is 41.7 Å². The Morgan fingerprint density at radius 2 is 1.89 bits per heavy atom. The molecule has 0 saturated heterocycles. The number of hydrogen-bond donors (Lipinski definition) is 6. The number of nitrogens with zero attached hydrogens (tertiary/aromatic N) is 2. The van der Waals surface area contributed by atoms with Crippen LogP contribution in [0.4, 0.5) is 5.69 Å². The van der Waals surface area contributed by atoms with Gasteiger partial charge in [-0.2, -0.15) is 0 Å². The highest BCUT2D eigenvalue weighted by atomic mass is 16.3. The van der Waals surface area contributed by atoms with Crippen molar-refractivity contribution >= 4 is 28.9 Å². The van der Waals surface area contributed by atoms with Gasteiger partial charge >= 0.3 is 0 Å². The van der Waals surface area contributed by atoms with E-state index in [1.807, 2.05) is 21.1 Å². The van der Waals surface area contributed by atoms with E-state index in [0.717, 1.165) is 24.2 Å². The quantitative estimate of drug-likeness (QED) is 0.298. The SMILES string of the molecule is CN1CCC(N(C)C)c2cc(O)c3c(c21)C[C@H]1CC2C(N)C(=O)C(C(N)=O)=C(O)[C@@]2(O)C(=O)C1=C3O. The van der Waals surface area contributed by atoms with E-state index >= 15 is 0 Å². The van der Waals surface area contributed by atoms with Gasteiger partial charge in [0.25, 0.3) is 5.91 Å². The molecule has 11 nitrogen and oxygen atoms in total. The van der Waals surface area contributed by atoms with E-state index in [1.165, 1.54) is 0 Å². The summed E-state index contributed by atoms with van der Waals surface area (Å²) < 4.78 is 0. The van der Waals surface area contributed by atoms with Crippen molar-refractivity contribution < 1.29 is 34.8 Å². The molecule has 1 amide bonds. The minimum absolute atomic E-state index is 0.0185. The smallest absolute Gasteiger partial charge is 0.255 e. The predicted molar refractivity (Wildman–Crippen MR) is 129 cm³/mol. The number of ketones is 2. The van der Waals surface area contributed by atoms with Gasteiger partial charge in [-0.25, -0.2) is 0 Å². The van der Waals surface area contributed by atoms with Crippen LogP contribution < -0.4 is 16.4 Å². The summed E-state index contributed by atoms with van der Waals surface area (Å²) in [4.78, 5) is 42.4. The van der Waals surface area contributed by atoms with E-state index < -0.39 is 58.0 Å². The van der Waals surface area contributed by atoms with Crippen LogP contribution in [0.25, 0.3) is 5.76 Å². The van der Waals surface area contributed by atoms with Crippen LogP contribution in [0.3, 0.4) is 0 Å². The van der Waals surface area contributed by atoms with Crippen LogP contribution in [-0.2, 0) is 20.8 Å². The molecule has 5 atom stereocenters. The molecule has 192 valence electrons. The van der Waals surface area contributed by atoms with Gasteiger partial charge in [-0.1, -0.05) is 0 Å². The minimum Gasteiger partial charge on any atom is -0.508 e. The molecular weight excluding hydrogens is 468 g/mol. The van der Waals surface area contributed by atoms with Gasteiger partial charge in [0.05, 0.1) is 11.6 Å². The number of anilines is 1. The average molecular weight is 499 g/mol. The number of aliphatic hydroxyl groups is 3. The van der Waals surface area contributed by atoms with E-state index in [4.69, 9.17) is 11.5 Å². The summed E-state index contributed by atoms with van der Waals surface area (Å²) in [6.07, 6.45) is 1.06. The fourth-order valence-corrected chi connectivity index (χ4v) is 6.63. The lowest BCUT2D eigenvalue weighted by atomic mass is 9.57. The first-order chi connectivity index (χ1) is 16.8. The molecule has 1 aromatic rings. The van der Waals surface area contributed by atoms with E-state index in [1.54, 1.807) is 6.07 Å². The number of fused-ring (bicyclic) bond motifs is 5. The number of rotatable bonds is 2. The maximum Gasteiger partial charge on any atom is 0.255 e. The molecule has 1 saturated carbocycles. The van der Waals surface area contributed by atoms with Crippen LogP contribution in [-0.4, -0.2) is 82.1 Å². The van der Waals surface area contributed by atoms with Gasteiger partial charge in [0, 0.05) is 36.8 Å². The first-order valence-corrected chi connectivity index (χ1v) is 11.8. The van der Waals surface area contributed by atoms with E-state index in [2.05, 4.69) is 9.80 Å². The standard InChI is InChI=1S/C25H30N4O7/c1-28(2)13-4-5-29(3)19-10(13)8-14(30)16-11(19)6-9-7-12-18(26)21(32)17(24(27)35)23(34)25(12,36)22(33)15(9)20(16)31/h8-9,12-13,18,30-31,34,36H,4-7,26H2,1-3H3,(H2,27,35)/t9-,12?,13?,18?,25-/m0/s1. The second kappa shape index (κ2) is 7.79. The van der Waals surface area contributed by atoms with Gasteiger partial charge in [0.15, 0.2) is 11.4 Å². The van der Waals surface area contributed by atoms with E-state index in [9.17, 15) is 34.8 Å². The van der Waals surface area contributed by atoms with Crippen molar-refractivity contribution in [1.29, 1.82) is 0 Å². The molecule has 3 unspecified atom stereocenters. The molecule has 0 radical (unpaired) electrons. The van der Waals surface area contributed by atoms with Crippen LogP contribution in [0.5, 0.6) is 5.75 Å². The monoisotopic (exact) mass is 498 g/mol. The third-order valence-electron chi connectivity index (χ3n) is 8.35. The maximum atomic E-state index is 13.7. The Morgan fingerprint density at radius 1 is 1.22 bits per heavy atom. The van der Waals surface area contributed by atoms with Crippen LogP contribution in [0, 0.1) is 11.8 Å². The first kappa shape index (κ1) is 24.3. The largest absolute Gasteiger partial charge is 0.508 e. The second-order valence-electron chi connectivity index (χ2n) is 10.5. The number of Topliss-reactive ketones (excluding diaryl/α,β-unsaturated/α-hetero) is 2. The molecule has 4 aliphatic rings. The van der Waals surface area contributed by atoms with Crippen LogP contribution >= 0.6 is 0 Å². The molecule has 1 heterocycles. The van der Waals surface area contributed by atoms with E-state index in [-0.39, 0.29) is 35.8 Å². The Balaban J connectivity index is 1.73. The minimum atomic E-state index is -2.70. The fourth-order valence-electron chi connectivity index (χ4n) is 6.63. The lowest BCUT2D eigenvalue weighted by Gasteiger charge is -2.48. The predicted octanol–water partition coefficient (Wildman–Crippen LogP) is -0.196. The lowest BCUT2D eigenvalue weighted by Crippen LogP contribution is -2.65. The topological polar surface area (TPSA) is 191 Å². The van der Waals surface area contributed by atoms with Crippen LogP contribution in [0.1, 0.15) is 35.6 Å². The number of phenolic OH excluding ortho intramolecular Hbond substituents is 1. The number of carbonyl (C=O) groups excluding carboxylic acids is 3. The van der Waals surface area contributed by atoms with Gasteiger partial charge in [0.1, 0.15) is 22.8 Å². The number of aliphatic hydroxyl groups excluding tert-OH is 2. The number of carbonyl (C=O) groups is 3. The van der Waals surface area contributed by atoms with Crippen molar-refractivity contribution in [2.75, 3.05) is 32.6 Å². The number of amides is 1. The normalized spacial score (nSPS) is 31.8. The number of benzene rings is 1. The molecule has 0 aromatic heterocycles. The summed E-state index contributed by atoms with van der Waals surface area (Å²) in [5.41, 5.74) is 10.0. The van der Waals surface area contributed by atoms with Gasteiger partial charge in [0.2, 0.25) is 5.78 Å². The van der Waals surface area contributed by atoms with Gasteiger partial charge in [-0.05, 0) is 56.5 Å². The average Bonchev–Trinajstić information content (AvgIpc) is 2.79. The van der Waals surface area contributed by atoms with Crippen LogP contribution in [0.15, 0.2) is 23.0 Å². The molecule has 5 rings (SSSR count). The number of hydrogen-bond acceptors (Lipinski definition) is 10. The highest BCUT2D eigenvalue weighted by molar-refractivity contribution is 6.24. The molecule has 1 fully saturated rings. The summed E-state index contributed by atoms with van der Waals surface area (Å²) in [5.74, 6) is -7.06. The molecule has 1 aromatic carbocycles. The molecule has 0 bridgehead atoms. The summed E-state index contributed by atoms with van der Waals surface area (Å²) in [6, 6.07) is 0.173. The van der Waals surface area contributed by atoms with Crippen LogP contribution in [0.2, 0.25) is 0 Å². The summed E-state index contributed by atoms with van der Waals surface area (Å²) in [5, 5.41) is 44.5. The molecular formula is C25H30N4O7. The summed E-state index contributed by atoms with van der Waals surface area (Å²) >= 11 is 0. The molecule has 36 heavy (non-hydrogen) atoms. The Bertz CT molecular complexity index is 1300. The van der Waals surface area contributed by atoms with Crippen molar-refractivity contribution in [3.05, 3.63) is 39.7 Å². The zero-order valence-corrected chi connectivity index (χ0v) is 20.3. The lowest BCUT2D eigenvalue weighted by molar-refractivity contribution is -0.149. The Hall–Kier alpha value is -3.41. The van der Waals surface area contributed by atoms with Crippen molar-refractivity contribution in [2.24, 2.45) is 23.3 Å². The van der Waals surface area contributed by atoms with Crippen molar-refractivity contribution in [3.63, 3.8) is 0 Å². The molecule has 3 aliphatic carbocycles. The highest BCUT2D eigenvalue weighted by Gasteiger charge is 2.63. The molecule has 11 heteroatoms. The second-order valence-corrected chi connectivity index (χ2v) is 10.5. The van der Waals surface area contributed by atoms with Gasteiger partial charge in [-0.3, -0.25) is 14.4 Å². The Kier molecular flexibility index (Phi) is 5.26. The molecule has 0 spiro atoms. The number of nitrogens with two attached hydrogens (primary N) is 2.